The number of rotatable bonds is 2. The summed E-state index contributed by atoms with van der Waals surface area (Å²) in [6.07, 6.45) is 0. The number of nitrogens with one attached hydrogen (secondary N) is 1. The lowest BCUT2D eigenvalue weighted by molar-refractivity contribution is 0.0696. The molecule has 5 heteroatoms. The highest BCUT2D eigenvalue weighted by Gasteiger charge is 2.33. The third-order valence-corrected chi connectivity index (χ3v) is 4.11. The van der Waals surface area contributed by atoms with Crippen molar-refractivity contribution in [3.63, 3.8) is 0 Å². The molecule has 2 aromatic rings. The topological polar surface area (TPSA) is 83.5 Å². The van der Waals surface area contributed by atoms with Gasteiger partial charge in [-0.2, -0.15) is 0 Å². The Bertz CT molecular complexity index is 865. The van der Waals surface area contributed by atoms with Crippen LogP contribution in [0.4, 0.5) is 0 Å². The minimum atomic E-state index is -1.06. The van der Waals surface area contributed by atoms with E-state index in [2.05, 4.69) is 5.32 Å². The molecule has 0 fully saturated rings. The summed E-state index contributed by atoms with van der Waals surface area (Å²) in [5.74, 6) is -1.80. The van der Waals surface area contributed by atoms with Crippen LogP contribution >= 0.6 is 0 Å². The zero-order valence-corrected chi connectivity index (χ0v) is 12.5. The number of hydrogen-bond acceptors (Lipinski definition) is 3. The first-order valence-corrected chi connectivity index (χ1v) is 7.02. The SMILES string of the molecule is Cc1c2c(c3cc(C(=O)O)ccc3c1C(C)C)C(=O)NC2=O. The molecule has 1 aliphatic rings. The number of aromatic carboxylic acids is 1. The van der Waals surface area contributed by atoms with Crippen molar-refractivity contribution in [3.8, 4) is 0 Å². The van der Waals surface area contributed by atoms with Gasteiger partial charge in [0.15, 0.2) is 0 Å². The number of benzene rings is 2. The average molecular weight is 297 g/mol. The molecule has 5 nitrogen and oxygen atoms in total. The molecular formula is C17H15NO4. The van der Waals surface area contributed by atoms with Gasteiger partial charge in [-0.25, -0.2) is 4.79 Å². The van der Waals surface area contributed by atoms with Crippen LogP contribution in [0, 0.1) is 6.92 Å². The molecule has 0 aliphatic carbocycles. The van der Waals surface area contributed by atoms with Crippen molar-refractivity contribution in [1.29, 1.82) is 0 Å². The number of hydrogen-bond donors (Lipinski definition) is 2. The van der Waals surface area contributed by atoms with Gasteiger partial charge in [0, 0.05) is 0 Å². The van der Waals surface area contributed by atoms with Crippen LogP contribution in [0.5, 0.6) is 0 Å². The van der Waals surface area contributed by atoms with Gasteiger partial charge in [0.05, 0.1) is 16.7 Å². The fourth-order valence-electron chi connectivity index (χ4n) is 3.27. The first-order chi connectivity index (χ1) is 10.3. The number of carboxylic acid groups (broad SMARTS) is 1. The van der Waals surface area contributed by atoms with Crippen molar-refractivity contribution in [1.82, 2.24) is 5.32 Å². The van der Waals surface area contributed by atoms with Crippen LogP contribution < -0.4 is 5.32 Å². The molecule has 0 radical (unpaired) electrons. The summed E-state index contributed by atoms with van der Waals surface area (Å²) in [7, 11) is 0. The van der Waals surface area contributed by atoms with Gasteiger partial charge in [0.1, 0.15) is 0 Å². The first kappa shape index (κ1) is 14.3. The Labute approximate surface area is 126 Å². The maximum Gasteiger partial charge on any atom is 0.335 e. The first-order valence-electron chi connectivity index (χ1n) is 7.02. The monoisotopic (exact) mass is 297 g/mol. The van der Waals surface area contributed by atoms with E-state index < -0.39 is 17.8 Å². The van der Waals surface area contributed by atoms with E-state index >= 15 is 0 Å². The summed E-state index contributed by atoms with van der Waals surface area (Å²) in [5.41, 5.74) is 2.49. The van der Waals surface area contributed by atoms with E-state index in [4.69, 9.17) is 0 Å². The van der Waals surface area contributed by atoms with Crippen molar-refractivity contribution >= 4 is 28.6 Å². The van der Waals surface area contributed by atoms with Crippen molar-refractivity contribution < 1.29 is 19.5 Å². The van der Waals surface area contributed by atoms with Gasteiger partial charge in [-0.15, -0.1) is 0 Å². The summed E-state index contributed by atoms with van der Waals surface area (Å²) in [4.78, 5) is 35.4. The van der Waals surface area contributed by atoms with Crippen LogP contribution in [0.25, 0.3) is 10.8 Å². The summed E-state index contributed by atoms with van der Waals surface area (Å²) in [6.45, 7) is 5.85. The van der Waals surface area contributed by atoms with E-state index in [1.807, 2.05) is 20.8 Å². The molecule has 0 bridgehead atoms. The van der Waals surface area contributed by atoms with Gasteiger partial charge in [-0.05, 0) is 46.9 Å². The van der Waals surface area contributed by atoms with Gasteiger partial charge in [-0.3, -0.25) is 14.9 Å². The minimum absolute atomic E-state index is 0.0976. The van der Waals surface area contributed by atoms with Gasteiger partial charge in [-0.1, -0.05) is 19.9 Å². The van der Waals surface area contributed by atoms with E-state index in [1.165, 1.54) is 12.1 Å². The van der Waals surface area contributed by atoms with Crippen molar-refractivity contribution in [3.05, 3.63) is 46.0 Å². The zero-order valence-electron chi connectivity index (χ0n) is 12.5. The highest BCUT2D eigenvalue weighted by molar-refractivity contribution is 6.28. The van der Waals surface area contributed by atoms with E-state index in [1.54, 1.807) is 6.07 Å². The van der Waals surface area contributed by atoms with E-state index in [9.17, 15) is 19.5 Å². The third-order valence-electron chi connectivity index (χ3n) is 4.11. The number of carboxylic acids is 1. The maximum absolute atomic E-state index is 12.1. The fraction of sp³-hybridized carbons (Fsp3) is 0.235. The van der Waals surface area contributed by atoms with Gasteiger partial charge in [0.25, 0.3) is 11.8 Å². The molecule has 0 aromatic heterocycles. The molecule has 1 aliphatic heterocycles. The van der Waals surface area contributed by atoms with Gasteiger partial charge in [0.2, 0.25) is 0 Å². The standard InChI is InChI=1S/C17H15NO4/c1-7(2)12-8(3)13-14(16(20)18-15(13)19)11-6-9(17(21)22)4-5-10(11)12/h4-7H,1-3H3,(H,21,22)(H,18,19,20). The van der Waals surface area contributed by atoms with E-state index in [0.29, 0.717) is 10.9 Å². The quantitative estimate of drug-likeness (QED) is 0.835. The molecule has 0 spiro atoms. The van der Waals surface area contributed by atoms with Crippen LogP contribution in [-0.4, -0.2) is 22.9 Å². The molecule has 2 aromatic carbocycles. The minimum Gasteiger partial charge on any atom is -0.478 e. The van der Waals surface area contributed by atoms with Crippen LogP contribution in [0.2, 0.25) is 0 Å². The van der Waals surface area contributed by atoms with Gasteiger partial charge >= 0.3 is 5.97 Å². The molecule has 0 atom stereocenters. The van der Waals surface area contributed by atoms with Gasteiger partial charge < -0.3 is 5.11 Å². The number of amides is 2. The Balaban J connectivity index is 2.53. The molecule has 3 rings (SSSR count). The molecule has 2 N–H and O–H groups in total. The number of fused-ring (bicyclic) bond motifs is 3. The Morgan fingerprint density at radius 3 is 2.32 bits per heavy atom. The zero-order chi connectivity index (χ0) is 16.2. The predicted octanol–water partition coefficient (Wildman–Crippen LogP) is 2.85. The van der Waals surface area contributed by atoms with E-state index in [-0.39, 0.29) is 17.0 Å². The largest absolute Gasteiger partial charge is 0.478 e. The Morgan fingerprint density at radius 2 is 1.73 bits per heavy atom. The number of imide groups is 1. The lowest BCUT2D eigenvalue weighted by atomic mass is 9.85. The maximum atomic E-state index is 12.1. The molecule has 112 valence electrons. The van der Waals surface area contributed by atoms with Crippen LogP contribution in [-0.2, 0) is 0 Å². The van der Waals surface area contributed by atoms with Crippen LogP contribution in [0.15, 0.2) is 18.2 Å². The highest BCUT2D eigenvalue weighted by atomic mass is 16.4. The average Bonchev–Trinajstić information content (AvgIpc) is 2.73. The number of carbonyl (C=O) groups is 3. The second kappa shape index (κ2) is 4.66. The molecule has 0 unspecified atom stereocenters. The van der Waals surface area contributed by atoms with Crippen molar-refractivity contribution in [2.24, 2.45) is 0 Å². The molecule has 1 heterocycles. The second-order valence-corrected chi connectivity index (χ2v) is 5.79. The summed E-state index contributed by atoms with van der Waals surface area (Å²) >= 11 is 0. The normalized spacial score (nSPS) is 13.6. The lowest BCUT2D eigenvalue weighted by Crippen LogP contribution is -2.20. The molecular weight excluding hydrogens is 282 g/mol. The smallest absolute Gasteiger partial charge is 0.335 e. The summed E-state index contributed by atoms with van der Waals surface area (Å²) in [6, 6.07) is 4.72. The molecule has 22 heavy (non-hydrogen) atoms. The van der Waals surface area contributed by atoms with Crippen LogP contribution in [0.1, 0.15) is 62.0 Å². The summed E-state index contributed by atoms with van der Waals surface area (Å²) in [5, 5.41) is 12.8. The Morgan fingerprint density at radius 1 is 1.09 bits per heavy atom. The third kappa shape index (κ3) is 1.82. The molecule has 2 amide bonds. The van der Waals surface area contributed by atoms with Crippen molar-refractivity contribution in [2.45, 2.75) is 26.7 Å². The fourth-order valence-corrected chi connectivity index (χ4v) is 3.27. The van der Waals surface area contributed by atoms with Crippen molar-refractivity contribution in [2.75, 3.05) is 0 Å². The Hall–Kier alpha value is -2.69. The second-order valence-electron chi connectivity index (χ2n) is 5.79. The Kier molecular flexibility index (Phi) is 3.02. The number of carbonyl (C=O) groups excluding carboxylic acids is 2. The van der Waals surface area contributed by atoms with Crippen LogP contribution in [0.3, 0.4) is 0 Å². The molecule has 0 saturated heterocycles. The highest BCUT2D eigenvalue weighted by Crippen LogP contribution is 2.37. The lowest BCUT2D eigenvalue weighted by Gasteiger charge is -2.17. The summed E-state index contributed by atoms with van der Waals surface area (Å²) < 4.78 is 0. The molecule has 0 saturated carbocycles. The van der Waals surface area contributed by atoms with E-state index in [0.717, 1.165) is 16.5 Å². The predicted molar refractivity (Wildman–Crippen MR) is 81.5 cm³/mol.